The molecule has 0 aliphatic rings. The number of nitrogen functional groups attached to an aromatic ring is 1. The average molecular weight is 250 g/mol. The van der Waals surface area contributed by atoms with E-state index in [1.165, 1.54) is 6.20 Å². The van der Waals surface area contributed by atoms with E-state index in [2.05, 4.69) is 15.3 Å². The second-order valence-electron chi connectivity index (χ2n) is 4.65. The molecule has 0 saturated heterocycles. The Hall–Kier alpha value is -2.11. The normalized spacial score (nSPS) is 11.5. The van der Waals surface area contributed by atoms with E-state index in [9.17, 15) is 4.79 Å². The van der Waals surface area contributed by atoms with Crippen LogP contribution in [0.25, 0.3) is 6.08 Å². The van der Waals surface area contributed by atoms with Gasteiger partial charge in [-0.25, -0.2) is 9.78 Å². The van der Waals surface area contributed by atoms with Crippen LogP contribution in [0.15, 0.2) is 18.5 Å². The van der Waals surface area contributed by atoms with Crippen molar-refractivity contribution in [1.29, 1.82) is 0 Å². The molecule has 1 rings (SSSR count). The molecule has 0 unspecified atom stereocenters. The van der Waals surface area contributed by atoms with E-state index >= 15 is 0 Å². The van der Waals surface area contributed by atoms with Crippen LogP contribution in [-0.4, -0.2) is 28.2 Å². The van der Waals surface area contributed by atoms with E-state index < -0.39 is 11.7 Å². The lowest BCUT2D eigenvalue weighted by atomic mass is 10.2. The molecule has 6 nitrogen and oxygen atoms in total. The highest BCUT2D eigenvalue weighted by atomic mass is 16.6. The molecule has 0 aliphatic heterocycles. The molecule has 18 heavy (non-hydrogen) atoms. The van der Waals surface area contributed by atoms with Gasteiger partial charge >= 0.3 is 6.09 Å². The number of rotatable bonds is 3. The molecule has 0 radical (unpaired) electrons. The summed E-state index contributed by atoms with van der Waals surface area (Å²) in [7, 11) is 0. The Kier molecular flexibility index (Phi) is 4.65. The summed E-state index contributed by atoms with van der Waals surface area (Å²) in [4.78, 5) is 19.2. The molecule has 0 spiro atoms. The van der Waals surface area contributed by atoms with E-state index in [1.807, 2.05) is 20.8 Å². The van der Waals surface area contributed by atoms with Crippen LogP contribution in [0.4, 0.5) is 10.6 Å². The topological polar surface area (TPSA) is 90.1 Å². The van der Waals surface area contributed by atoms with Gasteiger partial charge in [0, 0.05) is 6.54 Å². The highest BCUT2D eigenvalue weighted by molar-refractivity contribution is 5.68. The van der Waals surface area contributed by atoms with Crippen LogP contribution in [-0.2, 0) is 4.74 Å². The first-order chi connectivity index (χ1) is 8.37. The average Bonchev–Trinajstić information content (AvgIpc) is 2.24. The molecular formula is C12H18N4O2. The van der Waals surface area contributed by atoms with Crippen molar-refractivity contribution in [2.45, 2.75) is 26.4 Å². The Balaban J connectivity index is 2.33. The van der Waals surface area contributed by atoms with Crippen molar-refractivity contribution >= 4 is 18.0 Å². The first kappa shape index (κ1) is 14.0. The van der Waals surface area contributed by atoms with Crippen molar-refractivity contribution in [2.24, 2.45) is 0 Å². The molecule has 3 N–H and O–H groups in total. The molecule has 0 atom stereocenters. The Morgan fingerprint density at radius 2 is 2.17 bits per heavy atom. The van der Waals surface area contributed by atoms with Crippen LogP contribution in [0.2, 0.25) is 0 Å². The highest BCUT2D eigenvalue weighted by Gasteiger charge is 2.14. The number of hydrogen-bond donors (Lipinski definition) is 2. The molecule has 1 amide bonds. The van der Waals surface area contributed by atoms with Crippen LogP contribution in [0, 0.1) is 0 Å². The lowest BCUT2D eigenvalue weighted by molar-refractivity contribution is 0.0534. The molecule has 0 saturated carbocycles. The van der Waals surface area contributed by atoms with Gasteiger partial charge in [-0.2, -0.15) is 0 Å². The van der Waals surface area contributed by atoms with Crippen LogP contribution >= 0.6 is 0 Å². The number of amides is 1. The highest BCUT2D eigenvalue weighted by Crippen LogP contribution is 2.06. The van der Waals surface area contributed by atoms with Crippen molar-refractivity contribution in [3.63, 3.8) is 0 Å². The number of hydrogen-bond acceptors (Lipinski definition) is 5. The van der Waals surface area contributed by atoms with Gasteiger partial charge in [-0.3, -0.25) is 4.98 Å². The first-order valence-corrected chi connectivity index (χ1v) is 5.58. The smallest absolute Gasteiger partial charge is 0.407 e. The summed E-state index contributed by atoms with van der Waals surface area (Å²) < 4.78 is 5.08. The molecule has 98 valence electrons. The molecule has 1 aromatic heterocycles. The second kappa shape index (κ2) is 6.00. The second-order valence-corrected chi connectivity index (χ2v) is 4.65. The Labute approximate surface area is 106 Å². The fraction of sp³-hybridized carbons (Fsp3) is 0.417. The molecule has 1 aromatic rings. The first-order valence-electron chi connectivity index (χ1n) is 5.58. The zero-order valence-electron chi connectivity index (χ0n) is 10.8. The van der Waals surface area contributed by atoms with Gasteiger partial charge in [-0.05, 0) is 26.8 Å². The third-order valence-corrected chi connectivity index (χ3v) is 1.74. The molecule has 0 bridgehead atoms. The van der Waals surface area contributed by atoms with Gasteiger partial charge < -0.3 is 15.8 Å². The molecule has 1 heterocycles. The SMILES string of the molecule is CC(C)(C)OC(=O)NCC=Cc1cnc(N)cn1. The van der Waals surface area contributed by atoms with Gasteiger partial charge in [-0.15, -0.1) is 0 Å². The predicted octanol–water partition coefficient (Wildman–Crippen LogP) is 1.60. The van der Waals surface area contributed by atoms with Crippen LogP contribution in [0.5, 0.6) is 0 Å². The monoisotopic (exact) mass is 250 g/mol. The Morgan fingerprint density at radius 1 is 1.44 bits per heavy atom. The van der Waals surface area contributed by atoms with E-state index in [-0.39, 0.29) is 0 Å². The van der Waals surface area contributed by atoms with E-state index in [0.29, 0.717) is 18.1 Å². The predicted molar refractivity (Wildman–Crippen MR) is 69.7 cm³/mol. The number of anilines is 1. The number of alkyl carbamates (subject to hydrolysis) is 1. The number of aromatic nitrogens is 2. The van der Waals surface area contributed by atoms with E-state index in [0.717, 1.165) is 0 Å². The zero-order valence-corrected chi connectivity index (χ0v) is 10.8. The van der Waals surface area contributed by atoms with Crippen molar-refractivity contribution in [2.75, 3.05) is 12.3 Å². The maximum atomic E-state index is 11.3. The Morgan fingerprint density at radius 3 is 2.72 bits per heavy atom. The summed E-state index contributed by atoms with van der Waals surface area (Å²) in [5.41, 5.74) is 5.59. The van der Waals surface area contributed by atoms with Crippen LogP contribution in [0.1, 0.15) is 26.5 Å². The summed E-state index contributed by atoms with van der Waals surface area (Å²) in [5.74, 6) is 0.374. The summed E-state index contributed by atoms with van der Waals surface area (Å²) in [6, 6.07) is 0. The third kappa shape index (κ3) is 5.83. The third-order valence-electron chi connectivity index (χ3n) is 1.74. The van der Waals surface area contributed by atoms with Crippen LogP contribution in [0.3, 0.4) is 0 Å². The molecule has 0 aromatic carbocycles. The van der Waals surface area contributed by atoms with Gasteiger partial charge in [0.25, 0.3) is 0 Å². The molecule has 6 heteroatoms. The van der Waals surface area contributed by atoms with Gasteiger partial charge in [-0.1, -0.05) is 6.08 Å². The van der Waals surface area contributed by atoms with Crippen molar-refractivity contribution in [1.82, 2.24) is 15.3 Å². The number of nitrogens with one attached hydrogen (secondary N) is 1. The van der Waals surface area contributed by atoms with Gasteiger partial charge in [0.15, 0.2) is 0 Å². The number of ether oxygens (including phenoxy) is 1. The van der Waals surface area contributed by atoms with E-state index in [1.54, 1.807) is 18.3 Å². The minimum absolute atomic E-state index is 0.362. The quantitative estimate of drug-likeness (QED) is 0.850. The minimum Gasteiger partial charge on any atom is -0.444 e. The maximum Gasteiger partial charge on any atom is 0.407 e. The van der Waals surface area contributed by atoms with Crippen molar-refractivity contribution in [3.8, 4) is 0 Å². The number of nitrogens with zero attached hydrogens (tertiary/aromatic N) is 2. The summed E-state index contributed by atoms with van der Waals surface area (Å²) >= 11 is 0. The van der Waals surface area contributed by atoms with Crippen molar-refractivity contribution < 1.29 is 9.53 Å². The molecule has 0 aliphatic carbocycles. The lowest BCUT2D eigenvalue weighted by Gasteiger charge is -2.19. The maximum absolute atomic E-state index is 11.3. The number of carbonyl (C=O) groups excluding carboxylic acids is 1. The minimum atomic E-state index is -0.490. The summed E-state index contributed by atoms with van der Waals surface area (Å²) in [6.45, 7) is 5.80. The van der Waals surface area contributed by atoms with Crippen LogP contribution < -0.4 is 11.1 Å². The fourth-order valence-electron chi connectivity index (χ4n) is 1.07. The number of nitrogens with two attached hydrogens (primary N) is 1. The lowest BCUT2D eigenvalue weighted by Crippen LogP contribution is -2.32. The summed E-state index contributed by atoms with van der Waals surface area (Å²) in [5, 5.41) is 2.60. The van der Waals surface area contributed by atoms with Gasteiger partial charge in [0.05, 0.1) is 18.1 Å². The standard InChI is InChI=1S/C12H18N4O2/c1-12(2,3)18-11(17)14-6-4-5-9-7-16-10(13)8-15-9/h4-5,7-8H,6H2,1-3H3,(H2,13,16)(H,14,17). The molecular weight excluding hydrogens is 232 g/mol. The number of carbonyl (C=O) groups is 1. The Bertz CT molecular complexity index is 421. The summed E-state index contributed by atoms with van der Waals surface area (Å²) in [6.07, 6.45) is 6.07. The van der Waals surface area contributed by atoms with Gasteiger partial charge in [0.2, 0.25) is 0 Å². The van der Waals surface area contributed by atoms with E-state index in [4.69, 9.17) is 10.5 Å². The van der Waals surface area contributed by atoms with Crippen molar-refractivity contribution in [3.05, 3.63) is 24.2 Å². The largest absolute Gasteiger partial charge is 0.444 e. The van der Waals surface area contributed by atoms with Gasteiger partial charge in [0.1, 0.15) is 11.4 Å². The fourth-order valence-corrected chi connectivity index (χ4v) is 1.07. The zero-order chi connectivity index (χ0) is 13.6. The molecule has 0 fully saturated rings.